The summed E-state index contributed by atoms with van der Waals surface area (Å²) in [6.45, 7) is 2.04. The Bertz CT molecular complexity index is 928. The zero-order chi connectivity index (χ0) is 18.4. The monoisotopic (exact) mass is 347 g/mol. The molecule has 0 aliphatic heterocycles. The van der Waals surface area contributed by atoms with Crippen molar-refractivity contribution in [3.63, 3.8) is 0 Å². The molecule has 2 N–H and O–H groups in total. The van der Waals surface area contributed by atoms with Crippen LogP contribution in [0, 0.1) is 0 Å². The van der Waals surface area contributed by atoms with Gasteiger partial charge in [-0.3, -0.25) is 14.6 Å². The molecule has 0 fully saturated rings. The quantitative estimate of drug-likeness (QED) is 0.666. The van der Waals surface area contributed by atoms with E-state index in [1.165, 1.54) is 13.3 Å². The molecule has 3 rings (SSSR count). The fraction of sp³-hybridized carbons (Fsp3) is 0.105. The van der Waals surface area contributed by atoms with E-state index in [-0.39, 0.29) is 17.4 Å². The number of nitrogens with zero attached hydrogens (tertiary/aromatic N) is 3. The highest BCUT2D eigenvalue weighted by molar-refractivity contribution is 6.04. The maximum absolute atomic E-state index is 12.4. The number of amides is 1. The first-order valence-electron chi connectivity index (χ1n) is 7.99. The minimum absolute atomic E-state index is 0.0641. The SMILES string of the molecule is CC(=O)c1cccc(NC(=O)c2cc(NCc3ccncc3)ncn2)c1. The summed E-state index contributed by atoms with van der Waals surface area (Å²) in [5.41, 5.74) is 2.34. The number of ketones is 1. The van der Waals surface area contributed by atoms with Crippen LogP contribution in [-0.4, -0.2) is 26.6 Å². The predicted octanol–water partition coefficient (Wildman–Crippen LogP) is 2.94. The van der Waals surface area contributed by atoms with Gasteiger partial charge in [-0.2, -0.15) is 0 Å². The molecule has 0 saturated heterocycles. The Balaban J connectivity index is 1.68. The second kappa shape index (κ2) is 7.98. The van der Waals surface area contributed by atoms with Gasteiger partial charge in [0, 0.05) is 36.3 Å². The number of anilines is 2. The van der Waals surface area contributed by atoms with Gasteiger partial charge in [-0.1, -0.05) is 12.1 Å². The highest BCUT2D eigenvalue weighted by Crippen LogP contribution is 2.13. The summed E-state index contributed by atoms with van der Waals surface area (Å²) in [6.07, 6.45) is 4.76. The molecule has 2 heterocycles. The van der Waals surface area contributed by atoms with E-state index in [1.807, 2.05) is 12.1 Å². The molecule has 0 bridgehead atoms. The van der Waals surface area contributed by atoms with Gasteiger partial charge >= 0.3 is 0 Å². The Kier molecular flexibility index (Phi) is 5.28. The van der Waals surface area contributed by atoms with Crippen molar-refractivity contribution in [1.82, 2.24) is 15.0 Å². The van der Waals surface area contributed by atoms with Crippen LogP contribution in [0.15, 0.2) is 61.2 Å². The average Bonchev–Trinajstić information content (AvgIpc) is 2.67. The first-order valence-corrected chi connectivity index (χ1v) is 7.99. The van der Waals surface area contributed by atoms with Gasteiger partial charge in [-0.05, 0) is 36.8 Å². The number of hydrogen-bond donors (Lipinski definition) is 2. The normalized spacial score (nSPS) is 10.2. The van der Waals surface area contributed by atoms with Crippen molar-refractivity contribution in [2.24, 2.45) is 0 Å². The lowest BCUT2D eigenvalue weighted by molar-refractivity contribution is 0.100. The highest BCUT2D eigenvalue weighted by atomic mass is 16.2. The van der Waals surface area contributed by atoms with E-state index in [4.69, 9.17) is 0 Å². The van der Waals surface area contributed by atoms with Crippen molar-refractivity contribution in [3.05, 3.63) is 78.0 Å². The Morgan fingerprint density at radius 3 is 2.62 bits per heavy atom. The summed E-state index contributed by atoms with van der Waals surface area (Å²) in [5, 5.41) is 5.88. The maximum atomic E-state index is 12.4. The molecule has 7 nitrogen and oxygen atoms in total. The van der Waals surface area contributed by atoms with E-state index < -0.39 is 0 Å². The van der Waals surface area contributed by atoms with Gasteiger partial charge in [0.15, 0.2) is 5.78 Å². The van der Waals surface area contributed by atoms with Crippen LogP contribution in [0.5, 0.6) is 0 Å². The molecular formula is C19H17N5O2. The summed E-state index contributed by atoms with van der Waals surface area (Å²) in [7, 11) is 0. The summed E-state index contributed by atoms with van der Waals surface area (Å²) < 4.78 is 0. The zero-order valence-corrected chi connectivity index (χ0v) is 14.1. The van der Waals surface area contributed by atoms with E-state index in [0.29, 0.717) is 23.6 Å². The minimum Gasteiger partial charge on any atom is -0.366 e. The molecular weight excluding hydrogens is 330 g/mol. The fourth-order valence-electron chi connectivity index (χ4n) is 2.28. The number of carbonyl (C=O) groups is 2. The van der Waals surface area contributed by atoms with Crippen molar-refractivity contribution in [2.45, 2.75) is 13.5 Å². The van der Waals surface area contributed by atoms with Crippen molar-refractivity contribution in [2.75, 3.05) is 10.6 Å². The molecule has 0 saturated carbocycles. The summed E-state index contributed by atoms with van der Waals surface area (Å²) in [6, 6.07) is 12.1. The summed E-state index contributed by atoms with van der Waals surface area (Å²) in [5.74, 6) is 0.102. The second-order valence-corrected chi connectivity index (χ2v) is 5.59. The van der Waals surface area contributed by atoms with Crippen LogP contribution in [0.2, 0.25) is 0 Å². The number of rotatable bonds is 6. The van der Waals surface area contributed by atoms with E-state index in [2.05, 4.69) is 25.6 Å². The van der Waals surface area contributed by atoms with Crippen LogP contribution in [-0.2, 0) is 6.54 Å². The fourth-order valence-corrected chi connectivity index (χ4v) is 2.28. The molecule has 7 heteroatoms. The Morgan fingerprint density at radius 1 is 1.04 bits per heavy atom. The lowest BCUT2D eigenvalue weighted by Gasteiger charge is -2.08. The Labute approximate surface area is 150 Å². The van der Waals surface area contributed by atoms with Crippen molar-refractivity contribution >= 4 is 23.2 Å². The lowest BCUT2D eigenvalue weighted by atomic mass is 10.1. The molecule has 2 aromatic heterocycles. The van der Waals surface area contributed by atoms with Crippen LogP contribution < -0.4 is 10.6 Å². The van der Waals surface area contributed by atoms with Crippen LogP contribution in [0.3, 0.4) is 0 Å². The molecule has 0 aliphatic carbocycles. The molecule has 26 heavy (non-hydrogen) atoms. The molecule has 0 radical (unpaired) electrons. The van der Waals surface area contributed by atoms with Gasteiger partial charge in [0.05, 0.1) is 0 Å². The smallest absolute Gasteiger partial charge is 0.274 e. The molecule has 3 aromatic rings. The van der Waals surface area contributed by atoms with Crippen molar-refractivity contribution in [1.29, 1.82) is 0 Å². The number of hydrogen-bond acceptors (Lipinski definition) is 6. The number of Topliss-reactive ketones (excluding diaryl/α,β-unsaturated/α-hetero) is 1. The van der Waals surface area contributed by atoms with Gasteiger partial charge < -0.3 is 10.6 Å². The van der Waals surface area contributed by atoms with Crippen LogP contribution in [0.1, 0.15) is 33.3 Å². The summed E-state index contributed by atoms with van der Waals surface area (Å²) >= 11 is 0. The van der Waals surface area contributed by atoms with E-state index in [0.717, 1.165) is 5.56 Å². The predicted molar refractivity (Wildman–Crippen MR) is 98.0 cm³/mol. The van der Waals surface area contributed by atoms with Crippen LogP contribution >= 0.6 is 0 Å². The average molecular weight is 347 g/mol. The third kappa shape index (κ3) is 4.47. The first kappa shape index (κ1) is 17.2. The van der Waals surface area contributed by atoms with E-state index in [1.54, 1.807) is 42.7 Å². The van der Waals surface area contributed by atoms with Gasteiger partial charge in [0.1, 0.15) is 17.8 Å². The Hall–Kier alpha value is -3.61. The van der Waals surface area contributed by atoms with Gasteiger partial charge in [-0.15, -0.1) is 0 Å². The molecule has 0 aliphatic rings. The van der Waals surface area contributed by atoms with Gasteiger partial charge in [0.25, 0.3) is 5.91 Å². The van der Waals surface area contributed by atoms with Crippen molar-refractivity contribution in [3.8, 4) is 0 Å². The molecule has 0 spiro atoms. The Morgan fingerprint density at radius 2 is 1.85 bits per heavy atom. The molecule has 130 valence electrons. The van der Waals surface area contributed by atoms with Crippen LogP contribution in [0.4, 0.5) is 11.5 Å². The number of carbonyl (C=O) groups excluding carboxylic acids is 2. The van der Waals surface area contributed by atoms with Gasteiger partial charge in [-0.25, -0.2) is 9.97 Å². The molecule has 1 aromatic carbocycles. The molecule has 0 unspecified atom stereocenters. The number of benzene rings is 1. The van der Waals surface area contributed by atoms with E-state index in [9.17, 15) is 9.59 Å². The van der Waals surface area contributed by atoms with Gasteiger partial charge in [0.2, 0.25) is 0 Å². The number of pyridine rings is 1. The first-order chi connectivity index (χ1) is 12.6. The number of aromatic nitrogens is 3. The zero-order valence-electron chi connectivity index (χ0n) is 14.1. The summed E-state index contributed by atoms with van der Waals surface area (Å²) in [4.78, 5) is 35.9. The maximum Gasteiger partial charge on any atom is 0.274 e. The highest BCUT2D eigenvalue weighted by Gasteiger charge is 2.10. The third-order valence-corrected chi connectivity index (χ3v) is 3.65. The molecule has 0 atom stereocenters. The van der Waals surface area contributed by atoms with Crippen LogP contribution in [0.25, 0.3) is 0 Å². The number of nitrogens with one attached hydrogen (secondary N) is 2. The van der Waals surface area contributed by atoms with Crippen molar-refractivity contribution < 1.29 is 9.59 Å². The largest absolute Gasteiger partial charge is 0.366 e. The minimum atomic E-state index is -0.375. The second-order valence-electron chi connectivity index (χ2n) is 5.59. The topological polar surface area (TPSA) is 96.9 Å². The lowest BCUT2D eigenvalue weighted by Crippen LogP contribution is -2.15. The standard InChI is InChI=1S/C19H17N5O2/c1-13(25)15-3-2-4-16(9-15)24-19(26)17-10-18(23-12-22-17)21-11-14-5-7-20-8-6-14/h2-10,12H,11H2,1H3,(H,24,26)(H,21,22,23). The third-order valence-electron chi connectivity index (χ3n) is 3.65. The van der Waals surface area contributed by atoms with E-state index >= 15 is 0 Å². The molecule has 1 amide bonds.